The van der Waals surface area contributed by atoms with E-state index in [1.165, 1.54) is 16.8 Å². The Hall–Kier alpha value is -5.32. The predicted octanol–water partition coefficient (Wildman–Crippen LogP) is 6.35. The van der Waals surface area contributed by atoms with Crippen LogP contribution in [0.2, 0.25) is 0 Å². The van der Waals surface area contributed by atoms with Crippen molar-refractivity contribution in [2.75, 3.05) is 55.8 Å². The van der Waals surface area contributed by atoms with Gasteiger partial charge in [-0.3, -0.25) is 0 Å². The van der Waals surface area contributed by atoms with Gasteiger partial charge in [0.1, 0.15) is 24.2 Å². The van der Waals surface area contributed by atoms with E-state index in [0.717, 1.165) is 61.3 Å². The lowest BCUT2D eigenvalue weighted by Gasteiger charge is -2.37. The number of nitrogens with zero attached hydrogens (tertiary/aromatic N) is 6. The molecule has 50 heavy (non-hydrogen) atoms. The van der Waals surface area contributed by atoms with Crippen molar-refractivity contribution in [1.82, 2.24) is 19.1 Å². The van der Waals surface area contributed by atoms with Crippen molar-refractivity contribution < 1.29 is 18.9 Å². The van der Waals surface area contributed by atoms with Crippen LogP contribution >= 0.6 is 0 Å². The van der Waals surface area contributed by atoms with E-state index in [1.807, 2.05) is 54.1 Å². The number of aromatic nitrogens is 4. The molecule has 0 aliphatic carbocycles. The first kappa shape index (κ1) is 31.9. The molecule has 4 aromatic carbocycles. The first-order valence-corrected chi connectivity index (χ1v) is 17.4. The summed E-state index contributed by atoms with van der Waals surface area (Å²) in [6.45, 7) is 8.21. The zero-order valence-electron chi connectivity index (χ0n) is 28.3. The van der Waals surface area contributed by atoms with Crippen molar-refractivity contribution in [3.05, 3.63) is 133 Å². The first-order valence-electron chi connectivity index (χ1n) is 17.4. The molecular weight excluding hydrogens is 628 g/mol. The molecule has 10 heteroatoms. The summed E-state index contributed by atoms with van der Waals surface area (Å²) >= 11 is 0. The summed E-state index contributed by atoms with van der Waals surface area (Å²) < 4.78 is 29.4. The topological polar surface area (TPSA) is 79.0 Å². The Morgan fingerprint density at radius 3 is 2.42 bits per heavy atom. The van der Waals surface area contributed by atoms with Crippen LogP contribution in [-0.2, 0) is 28.4 Å². The van der Waals surface area contributed by atoms with Crippen LogP contribution in [0.1, 0.15) is 18.1 Å². The number of piperazine rings is 1. The molecule has 2 aliphatic heterocycles. The summed E-state index contributed by atoms with van der Waals surface area (Å²) in [6, 6.07) is 35.3. The molecule has 10 nitrogen and oxygen atoms in total. The maximum absolute atomic E-state index is 6.62. The third kappa shape index (κ3) is 6.77. The average Bonchev–Trinajstić information content (AvgIpc) is 3.92. The van der Waals surface area contributed by atoms with E-state index < -0.39 is 5.79 Å². The van der Waals surface area contributed by atoms with E-state index in [0.29, 0.717) is 26.4 Å². The van der Waals surface area contributed by atoms with Crippen LogP contribution in [0.25, 0.3) is 11.0 Å². The van der Waals surface area contributed by atoms with Crippen molar-refractivity contribution >= 4 is 22.7 Å². The van der Waals surface area contributed by atoms with Crippen LogP contribution in [0.5, 0.6) is 11.5 Å². The summed E-state index contributed by atoms with van der Waals surface area (Å²) in [6.07, 6.45) is 5.20. The van der Waals surface area contributed by atoms with Gasteiger partial charge in [-0.2, -0.15) is 0 Å². The molecule has 2 aliphatic rings. The van der Waals surface area contributed by atoms with E-state index in [4.69, 9.17) is 23.9 Å². The SMILES string of the molecule is CCOc1cccc(C2(Cn3ccnc3)OCC(COc3ccc(N4CCN(c5nc6ccccc6n5Cc5ccccc5)CC4)cc3)O2)c1. The lowest BCUT2D eigenvalue weighted by molar-refractivity contribution is -0.189. The molecule has 6 aromatic rings. The van der Waals surface area contributed by atoms with Gasteiger partial charge in [0, 0.05) is 49.8 Å². The minimum Gasteiger partial charge on any atom is -0.494 e. The Morgan fingerprint density at radius 2 is 1.62 bits per heavy atom. The first-order chi connectivity index (χ1) is 24.7. The predicted molar refractivity (Wildman–Crippen MR) is 194 cm³/mol. The minimum absolute atomic E-state index is 0.242. The summed E-state index contributed by atoms with van der Waals surface area (Å²) in [4.78, 5) is 14.1. The van der Waals surface area contributed by atoms with Crippen LogP contribution in [0.3, 0.4) is 0 Å². The van der Waals surface area contributed by atoms with Crippen LogP contribution in [-0.4, -0.2) is 71.2 Å². The molecule has 0 bridgehead atoms. The van der Waals surface area contributed by atoms with Crippen LogP contribution in [0, 0.1) is 0 Å². The highest BCUT2D eigenvalue weighted by atomic mass is 16.8. The van der Waals surface area contributed by atoms with E-state index >= 15 is 0 Å². The van der Waals surface area contributed by atoms with Crippen LogP contribution < -0.4 is 19.3 Å². The smallest absolute Gasteiger partial charge is 0.214 e. The Morgan fingerprint density at radius 1 is 0.820 bits per heavy atom. The van der Waals surface area contributed by atoms with Gasteiger partial charge in [0.25, 0.3) is 0 Å². The maximum Gasteiger partial charge on any atom is 0.214 e. The van der Waals surface area contributed by atoms with E-state index in [1.54, 1.807) is 12.5 Å². The van der Waals surface area contributed by atoms with Crippen molar-refractivity contribution in [2.45, 2.75) is 31.9 Å². The van der Waals surface area contributed by atoms with Gasteiger partial charge in [0.05, 0.1) is 43.7 Å². The molecule has 2 unspecified atom stereocenters. The highest BCUT2D eigenvalue weighted by molar-refractivity contribution is 5.79. The second-order valence-corrected chi connectivity index (χ2v) is 12.8. The van der Waals surface area contributed by atoms with Crippen LogP contribution in [0.15, 0.2) is 122 Å². The summed E-state index contributed by atoms with van der Waals surface area (Å²) in [7, 11) is 0. The van der Waals surface area contributed by atoms with Gasteiger partial charge in [-0.25, -0.2) is 9.97 Å². The number of imidazole rings is 2. The second-order valence-electron chi connectivity index (χ2n) is 12.8. The molecule has 0 saturated carbocycles. The zero-order valence-corrected chi connectivity index (χ0v) is 28.3. The summed E-state index contributed by atoms with van der Waals surface area (Å²) in [5, 5.41) is 0. The van der Waals surface area contributed by atoms with Gasteiger partial charge in [0.2, 0.25) is 11.7 Å². The van der Waals surface area contributed by atoms with Gasteiger partial charge >= 0.3 is 0 Å². The Labute approximate surface area is 292 Å². The number of ether oxygens (including phenoxy) is 4. The van der Waals surface area contributed by atoms with Crippen molar-refractivity contribution in [3.8, 4) is 11.5 Å². The number of anilines is 2. The van der Waals surface area contributed by atoms with Crippen LogP contribution in [0.4, 0.5) is 11.6 Å². The molecule has 0 spiro atoms. The molecule has 256 valence electrons. The summed E-state index contributed by atoms with van der Waals surface area (Å²) in [5.74, 6) is 1.65. The lowest BCUT2D eigenvalue weighted by Crippen LogP contribution is -2.47. The Kier molecular flexibility index (Phi) is 9.11. The molecule has 4 heterocycles. The van der Waals surface area contributed by atoms with Gasteiger partial charge in [-0.15, -0.1) is 0 Å². The number of hydrogen-bond donors (Lipinski definition) is 0. The third-order valence-electron chi connectivity index (χ3n) is 9.41. The van der Waals surface area contributed by atoms with Crippen molar-refractivity contribution in [1.29, 1.82) is 0 Å². The maximum atomic E-state index is 6.62. The fraction of sp³-hybridized carbons (Fsp3) is 0.300. The number of hydrogen-bond acceptors (Lipinski definition) is 8. The average molecular weight is 671 g/mol. The second kappa shape index (κ2) is 14.3. The van der Waals surface area contributed by atoms with Gasteiger partial charge in [-0.05, 0) is 61.0 Å². The van der Waals surface area contributed by atoms with Gasteiger partial charge in [-0.1, -0.05) is 54.6 Å². The number of rotatable bonds is 12. The Balaban J connectivity index is 0.892. The zero-order chi connectivity index (χ0) is 33.8. The lowest BCUT2D eigenvalue weighted by atomic mass is 10.1. The van der Waals surface area contributed by atoms with E-state index in [2.05, 4.69) is 86.1 Å². The molecule has 2 fully saturated rings. The fourth-order valence-electron chi connectivity index (χ4n) is 6.92. The largest absolute Gasteiger partial charge is 0.494 e. The molecule has 2 atom stereocenters. The molecule has 0 N–H and O–H groups in total. The van der Waals surface area contributed by atoms with Gasteiger partial charge in [0.15, 0.2) is 0 Å². The van der Waals surface area contributed by atoms with Crippen molar-refractivity contribution in [3.63, 3.8) is 0 Å². The standard InChI is InChI=1S/C40H42N6O4/c1-2-47-35-12-8-11-32(25-35)40(29-43-20-19-41-30-43)49-28-36(50-40)27-48-34-17-15-33(16-18-34)44-21-23-45(24-22-44)39-42-37-13-6-7-14-38(37)46(39)26-31-9-4-3-5-10-31/h3-20,25,30,36H,2,21-24,26-29H2,1H3. The van der Waals surface area contributed by atoms with Crippen molar-refractivity contribution in [2.24, 2.45) is 0 Å². The Bertz CT molecular complexity index is 1990. The normalized spacial score (nSPS) is 19.3. The molecule has 0 radical (unpaired) electrons. The molecule has 2 aromatic heterocycles. The monoisotopic (exact) mass is 670 g/mol. The molecular formula is C40H42N6O4. The molecule has 2 saturated heterocycles. The highest BCUT2D eigenvalue weighted by Gasteiger charge is 2.44. The third-order valence-corrected chi connectivity index (χ3v) is 9.41. The number of para-hydroxylation sites is 2. The molecule has 8 rings (SSSR count). The van der Waals surface area contributed by atoms with E-state index in [9.17, 15) is 0 Å². The highest BCUT2D eigenvalue weighted by Crippen LogP contribution is 2.38. The summed E-state index contributed by atoms with van der Waals surface area (Å²) in [5.41, 5.74) is 5.55. The van der Waals surface area contributed by atoms with Gasteiger partial charge < -0.3 is 37.9 Å². The number of fused-ring (bicyclic) bond motifs is 1. The minimum atomic E-state index is -0.973. The molecule has 0 amide bonds. The number of benzene rings is 4. The fourth-order valence-corrected chi connectivity index (χ4v) is 6.92. The quantitative estimate of drug-likeness (QED) is 0.149. The van der Waals surface area contributed by atoms with E-state index in [-0.39, 0.29) is 6.10 Å².